The summed E-state index contributed by atoms with van der Waals surface area (Å²) in [5.41, 5.74) is 10.1. The minimum atomic E-state index is -0.768. The molecular formula is C21H23N3O2S. The number of carbonyl (C=O) groups is 1. The molecule has 0 saturated carbocycles. The number of carbonyl (C=O) groups excluding carboxylic acids is 1. The van der Waals surface area contributed by atoms with Crippen LogP contribution in [-0.4, -0.2) is 28.5 Å². The van der Waals surface area contributed by atoms with Crippen LogP contribution in [0, 0.1) is 19.3 Å². The number of primary amides is 1. The van der Waals surface area contributed by atoms with E-state index in [0.717, 1.165) is 32.2 Å². The van der Waals surface area contributed by atoms with Gasteiger partial charge in [0.1, 0.15) is 11.8 Å². The van der Waals surface area contributed by atoms with E-state index in [1.165, 1.54) is 0 Å². The Labute approximate surface area is 162 Å². The summed E-state index contributed by atoms with van der Waals surface area (Å²) in [5.74, 6) is -0.582. The van der Waals surface area contributed by atoms with Gasteiger partial charge in [0.05, 0.1) is 12.0 Å². The van der Waals surface area contributed by atoms with Crippen LogP contribution in [0.2, 0.25) is 0 Å². The number of aliphatic imine (C=N–C) groups is 1. The molecule has 0 aliphatic carbocycles. The third-order valence-electron chi connectivity index (χ3n) is 4.77. The van der Waals surface area contributed by atoms with Crippen LogP contribution in [0.3, 0.4) is 0 Å². The number of aliphatic hydroxyl groups is 1. The lowest BCUT2D eigenvalue weighted by Gasteiger charge is -2.13. The van der Waals surface area contributed by atoms with E-state index in [4.69, 9.17) is 16.1 Å². The average Bonchev–Trinajstić information content (AvgIpc) is 2.82. The van der Waals surface area contributed by atoms with Crippen LogP contribution in [-0.2, 0) is 11.2 Å². The Bertz CT molecular complexity index is 971. The zero-order valence-electron chi connectivity index (χ0n) is 15.7. The molecule has 0 spiro atoms. The Morgan fingerprint density at radius 2 is 1.96 bits per heavy atom. The Hall–Kier alpha value is -2.73. The fraction of sp³-hybridized carbons (Fsp3) is 0.286. The number of allylic oxidation sites excluding steroid dienone is 1. The number of fused-ring (bicyclic) bond motifs is 1. The minimum Gasteiger partial charge on any atom is -0.509 e. The van der Waals surface area contributed by atoms with E-state index >= 15 is 0 Å². The first-order valence-corrected chi connectivity index (χ1v) is 9.59. The van der Waals surface area contributed by atoms with Crippen LogP contribution in [0.15, 0.2) is 41.1 Å². The van der Waals surface area contributed by atoms with Gasteiger partial charge in [-0.15, -0.1) is 11.3 Å². The lowest BCUT2D eigenvalue weighted by atomic mass is 9.95. The van der Waals surface area contributed by atoms with E-state index < -0.39 is 11.9 Å². The smallest absolute Gasteiger partial charge is 0.220 e. The first kappa shape index (κ1) is 19.0. The summed E-state index contributed by atoms with van der Waals surface area (Å²) in [6, 6.07) is 9.20. The normalized spacial score (nSPS) is 16.6. The van der Waals surface area contributed by atoms with Gasteiger partial charge in [0, 0.05) is 33.2 Å². The average molecular weight is 382 g/mol. The minimum absolute atomic E-state index is 0.0492. The van der Waals surface area contributed by atoms with Gasteiger partial charge in [-0.05, 0) is 31.9 Å². The molecule has 2 heterocycles. The SMILES string of the molecule is CC(=N)C1=C(O)[C@H](CC(N)=O)N=C(Cc2ccccc2)c2c1sc(C)c2C. The molecule has 4 N–H and O–H groups in total. The largest absolute Gasteiger partial charge is 0.509 e. The summed E-state index contributed by atoms with van der Waals surface area (Å²) in [6.07, 6.45) is 0.492. The highest BCUT2D eigenvalue weighted by atomic mass is 32.1. The molecule has 140 valence electrons. The molecule has 1 amide bonds. The molecule has 0 bridgehead atoms. The van der Waals surface area contributed by atoms with Crippen LogP contribution in [0.1, 0.15) is 39.8 Å². The molecule has 1 atom stereocenters. The van der Waals surface area contributed by atoms with E-state index in [9.17, 15) is 9.90 Å². The number of nitrogens with two attached hydrogens (primary N) is 1. The monoisotopic (exact) mass is 381 g/mol. The first-order valence-electron chi connectivity index (χ1n) is 8.77. The predicted octanol–water partition coefficient (Wildman–Crippen LogP) is 3.96. The maximum absolute atomic E-state index is 11.6. The van der Waals surface area contributed by atoms with Crippen molar-refractivity contribution in [1.82, 2.24) is 0 Å². The van der Waals surface area contributed by atoms with Gasteiger partial charge < -0.3 is 16.2 Å². The Morgan fingerprint density at radius 1 is 1.30 bits per heavy atom. The summed E-state index contributed by atoms with van der Waals surface area (Å²) >= 11 is 1.55. The summed E-state index contributed by atoms with van der Waals surface area (Å²) in [6.45, 7) is 5.71. The number of benzene rings is 1. The standard InChI is InChI=1S/C21H23N3O2S/c1-11-13(3)27-21-18(11)15(9-14-7-5-4-6-8-14)24-16(10-17(23)25)20(26)19(21)12(2)22/h4-8,16,22,26H,9-10H2,1-3H3,(H2,23,25)/t16-/m0/s1. The molecule has 5 nitrogen and oxygen atoms in total. The molecule has 0 unspecified atom stereocenters. The molecule has 1 aromatic carbocycles. The molecule has 0 radical (unpaired) electrons. The molecule has 1 aliphatic rings. The lowest BCUT2D eigenvalue weighted by Crippen LogP contribution is -2.22. The van der Waals surface area contributed by atoms with E-state index in [1.54, 1.807) is 18.3 Å². The van der Waals surface area contributed by atoms with Crippen molar-refractivity contribution in [3.05, 3.63) is 62.5 Å². The number of nitrogens with one attached hydrogen (secondary N) is 1. The van der Waals surface area contributed by atoms with Gasteiger partial charge in [0.15, 0.2) is 0 Å². The van der Waals surface area contributed by atoms with Crippen LogP contribution >= 0.6 is 11.3 Å². The molecular weight excluding hydrogens is 358 g/mol. The van der Waals surface area contributed by atoms with E-state index in [0.29, 0.717) is 12.0 Å². The molecule has 0 saturated heterocycles. The molecule has 27 heavy (non-hydrogen) atoms. The summed E-state index contributed by atoms with van der Waals surface area (Å²) in [4.78, 5) is 18.3. The van der Waals surface area contributed by atoms with E-state index in [-0.39, 0.29) is 17.9 Å². The molecule has 1 aliphatic heterocycles. The Balaban J connectivity index is 2.23. The number of hydrogen-bond acceptors (Lipinski definition) is 5. The van der Waals surface area contributed by atoms with Gasteiger partial charge in [-0.2, -0.15) is 0 Å². The Morgan fingerprint density at radius 3 is 2.56 bits per heavy atom. The number of rotatable bonds is 5. The van der Waals surface area contributed by atoms with E-state index in [2.05, 4.69) is 0 Å². The van der Waals surface area contributed by atoms with Gasteiger partial charge in [0.25, 0.3) is 0 Å². The highest BCUT2D eigenvalue weighted by Crippen LogP contribution is 2.39. The highest BCUT2D eigenvalue weighted by molar-refractivity contribution is 7.14. The fourth-order valence-electron chi connectivity index (χ4n) is 3.37. The number of nitrogens with zero attached hydrogens (tertiary/aromatic N) is 1. The number of aryl methyl sites for hydroxylation is 1. The van der Waals surface area contributed by atoms with E-state index in [1.807, 2.05) is 44.2 Å². The zero-order valence-corrected chi connectivity index (χ0v) is 16.5. The summed E-state index contributed by atoms with van der Waals surface area (Å²) in [7, 11) is 0. The molecule has 2 aromatic rings. The summed E-state index contributed by atoms with van der Waals surface area (Å²) < 4.78 is 0. The van der Waals surface area contributed by atoms with Crippen molar-refractivity contribution in [1.29, 1.82) is 5.41 Å². The van der Waals surface area contributed by atoms with Crippen molar-refractivity contribution in [3.63, 3.8) is 0 Å². The zero-order chi connectivity index (χ0) is 19.7. The van der Waals surface area contributed by atoms with Crippen molar-refractivity contribution < 1.29 is 9.90 Å². The van der Waals surface area contributed by atoms with Gasteiger partial charge in [-0.1, -0.05) is 30.3 Å². The number of thiophene rings is 1. The second kappa shape index (κ2) is 7.48. The maximum Gasteiger partial charge on any atom is 0.220 e. The molecule has 0 fully saturated rings. The van der Waals surface area contributed by atoms with Crippen LogP contribution in [0.5, 0.6) is 0 Å². The third-order valence-corrected chi connectivity index (χ3v) is 5.99. The number of aliphatic hydroxyl groups excluding tert-OH is 1. The molecule has 3 rings (SSSR count). The fourth-order valence-corrected chi connectivity index (χ4v) is 4.66. The van der Waals surface area contributed by atoms with Crippen LogP contribution < -0.4 is 5.73 Å². The predicted molar refractivity (Wildman–Crippen MR) is 111 cm³/mol. The van der Waals surface area contributed by atoms with Crippen molar-refractivity contribution in [2.45, 2.75) is 39.7 Å². The van der Waals surface area contributed by atoms with Crippen molar-refractivity contribution >= 4 is 34.2 Å². The van der Waals surface area contributed by atoms with Crippen LogP contribution in [0.4, 0.5) is 0 Å². The van der Waals surface area contributed by atoms with Crippen molar-refractivity contribution in [3.8, 4) is 0 Å². The second-order valence-corrected chi connectivity index (χ2v) is 8.02. The lowest BCUT2D eigenvalue weighted by molar-refractivity contribution is -0.118. The molecule has 6 heteroatoms. The second-order valence-electron chi connectivity index (χ2n) is 6.80. The van der Waals surface area contributed by atoms with Gasteiger partial charge >= 0.3 is 0 Å². The topological polar surface area (TPSA) is 99.5 Å². The number of amides is 1. The van der Waals surface area contributed by atoms with Crippen molar-refractivity contribution in [2.24, 2.45) is 10.7 Å². The quantitative estimate of drug-likeness (QED) is 0.683. The summed E-state index contributed by atoms with van der Waals surface area (Å²) in [5, 5.41) is 19.1. The Kier molecular flexibility index (Phi) is 5.28. The van der Waals surface area contributed by atoms with Gasteiger partial charge in [-0.25, -0.2) is 0 Å². The highest BCUT2D eigenvalue weighted by Gasteiger charge is 2.31. The molecule has 1 aromatic heterocycles. The van der Waals surface area contributed by atoms with Gasteiger partial charge in [0.2, 0.25) is 5.91 Å². The number of hydrogen-bond donors (Lipinski definition) is 3. The maximum atomic E-state index is 11.6. The first-order chi connectivity index (χ1) is 12.8. The third kappa shape index (κ3) is 3.71. The van der Waals surface area contributed by atoms with Crippen LogP contribution in [0.25, 0.3) is 5.57 Å². The van der Waals surface area contributed by atoms with Gasteiger partial charge in [-0.3, -0.25) is 9.79 Å². The van der Waals surface area contributed by atoms with Crippen molar-refractivity contribution in [2.75, 3.05) is 0 Å².